The maximum atomic E-state index is 13.7. The monoisotopic (exact) mass is 413 g/mol. The number of nitrogens with two attached hydrogens (primary N) is 1. The lowest BCUT2D eigenvalue weighted by Crippen LogP contribution is -2.10. The van der Waals surface area contributed by atoms with Crippen LogP contribution in [-0.4, -0.2) is 24.5 Å². The van der Waals surface area contributed by atoms with Gasteiger partial charge in [0.05, 0.1) is 11.0 Å². The van der Waals surface area contributed by atoms with E-state index in [1.165, 1.54) is 12.1 Å². The molecule has 0 bridgehead atoms. The Labute approximate surface area is 156 Å². The van der Waals surface area contributed by atoms with E-state index in [-0.39, 0.29) is 23.7 Å². The Hall–Kier alpha value is -3.07. The molecule has 3 N–H and O–H groups in total. The molecule has 0 saturated carbocycles. The van der Waals surface area contributed by atoms with Gasteiger partial charge in [-0.2, -0.15) is 15.0 Å². The van der Waals surface area contributed by atoms with E-state index in [1.807, 2.05) is 24.3 Å². The van der Waals surface area contributed by atoms with Crippen molar-refractivity contribution in [1.29, 1.82) is 0 Å². The zero-order valence-corrected chi connectivity index (χ0v) is 15.2. The number of nitrogens with one attached hydrogen (secondary N) is 1. The van der Waals surface area contributed by atoms with E-state index in [0.29, 0.717) is 16.9 Å². The molecular formula is C17H13BrFN7. The zero-order chi connectivity index (χ0) is 18.3. The molecule has 2 aromatic carbocycles. The van der Waals surface area contributed by atoms with Crippen LogP contribution in [0.25, 0.3) is 17.0 Å². The Morgan fingerprint density at radius 3 is 2.58 bits per heavy atom. The summed E-state index contributed by atoms with van der Waals surface area (Å²) in [7, 11) is 0. The lowest BCUT2D eigenvalue weighted by atomic mass is 10.3. The lowest BCUT2D eigenvalue weighted by molar-refractivity contribution is 0.629. The Morgan fingerprint density at radius 2 is 1.81 bits per heavy atom. The molecule has 9 heteroatoms. The van der Waals surface area contributed by atoms with E-state index in [0.717, 1.165) is 10.2 Å². The minimum atomic E-state index is -0.367. The number of nitrogen functional groups attached to an aromatic ring is 1. The molecule has 130 valence electrons. The van der Waals surface area contributed by atoms with Crippen LogP contribution in [0, 0.1) is 12.7 Å². The number of fused-ring (bicyclic) bond motifs is 1. The molecule has 4 rings (SSSR count). The van der Waals surface area contributed by atoms with Crippen molar-refractivity contribution in [3.63, 3.8) is 0 Å². The summed E-state index contributed by atoms with van der Waals surface area (Å²) in [6, 6.07) is 11.9. The number of anilines is 3. The molecule has 0 aliphatic rings. The molecule has 26 heavy (non-hydrogen) atoms. The third kappa shape index (κ3) is 3.08. The smallest absolute Gasteiger partial charge is 0.242 e. The van der Waals surface area contributed by atoms with Gasteiger partial charge in [0, 0.05) is 16.2 Å². The maximum Gasteiger partial charge on any atom is 0.242 e. The van der Waals surface area contributed by atoms with Crippen LogP contribution in [0.3, 0.4) is 0 Å². The summed E-state index contributed by atoms with van der Waals surface area (Å²) in [5.41, 5.74) is 7.85. The SMILES string of the molecule is Cc1nc2ccc(F)cc2n1-c1nc(N)nc(Nc2ccc(Br)cc2)n1. The maximum absolute atomic E-state index is 13.7. The summed E-state index contributed by atoms with van der Waals surface area (Å²) < 4.78 is 16.3. The van der Waals surface area contributed by atoms with Crippen LogP contribution in [0.15, 0.2) is 46.9 Å². The van der Waals surface area contributed by atoms with Gasteiger partial charge >= 0.3 is 0 Å². The van der Waals surface area contributed by atoms with Gasteiger partial charge in [-0.25, -0.2) is 9.37 Å². The van der Waals surface area contributed by atoms with Gasteiger partial charge in [0.2, 0.25) is 17.8 Å². The number of benzene rings is 2. The van der Waals surface area contributed by atoms with Gasteiger partial charge < -0.3 is 11.1 Å². The minimum Gasteiger partial charge on any atom is -0.368 e. The second-order valence-corrected chi connectivity index (χ2v) is 6.49. The van der Waals surface area contributed by atoms with Crippen LogP contribution in [0.4, 0.5) is 22.0 Å². The molecule has 4 aromatic rings. The molecule has 0 spiro atoms. The number of aromatic nitrogens is 5. The van der Waals surface area contributed by atoms with Crippen molar-refractivity contribution < 1.29 is 4.39 Å². The number of hydrogen-bond acceptors (Lipinski definition) is 6. The Bertz CT molecular complexity index is 1110. The van der Waals surface area contributed by atoms with Crippen LogP contribution in [0.5, 0.6) is 0 Å². The van der Waals surface area contributed by atoms with E-state index in [2.05, 4.69) is 41.2 Å². The van der Waals surface area contributed by atoms with Crippen molar-refractivity contribution in [1.82, 2.24) is 24.5 Å². The average Bonchev–Trinajstić information content (AvgIpc) is 2.91. The predicted octanol–water partition coefficient (Wildman–Crippen LogP) is 3.75. The number of aryl methyl sites for hydroxylation is 1. The molecule has 0 saturated heterocycles. The number of nitrogens with zero attached hydrogens (tertiary/aromatic N) is 5. The molecule has 2 heterocycles. The highest BCUT2D eigenvalue weighted by molar-refractivity contribution is 9.10. The topological polar surface area (TPSA) is 94.5 Å². The van der Waals surface area contributed by atoms with Gasteiger partial charge in [0.15, 0.2) is 0 Å². The fourth-order valence-corrected chi connectivity index (χ4v) is 2.88. The van der Waals surface area contributed by atoms with E-state index in [9.17, 15) is 4.39 Å². The quantitative estimate of drug-likeness (QED) is 0.531. The third-order valence-corrected chi connectivity index (χ3v) is 4.25. The van der Waals surface area contributed by atoms with E-state index in [1.54, 1.807) is 17.6 Å². The van der Waals surface area contributed by atoms with Crippen LogP contribution < -0.4 is 11.1 Å². The van der Waals surface area contributed by atoms with Gasteiger partial charge in [-0.15, -0.1) is 0 Å². The molecule has 2 aromatic heterocycles. The van der Waals surface area contributed by atoms with E-state index in [4.69, 9.17) is 5.73 Å². The summed E-state index contributed by atoms with van der Waals surface area (Å²) >= 11 is 3.39. The van der Waals surface area contributed by atoms with Crippen molar-refractivity contribution in [3.05, 3.63) is 58.6 Å². The van der Waals surface area contributed by atoms with Crippen molar-refractivity contribution in [2.75, 3.05) is 11.1 Å². The van der Waals surface area contributed by atoms with Gasteiger partial charge in [-0.1, -0.05) is 15.9 Å². The highest BCUT2D eigenvalue weighted by Gasteiger charge is 2.14. The minimum absolute atomic E-state index is 0.0484. The highest BCUT2D eigenvalue weighted by atomic mass is 79.9. The first kappa shape index (κ1) is 16.4. The van der Waals surface area contributed by atoms with Crippen LogP contribution in [0.2, 0.25) is 0 Å². The molecule has 0 unspecified atom stereocenters. The zero-order valence-electron chi connectivity index (χ0n) is 13.6. The predicted molar refractivity (Wildman–Crippen MR) is 101 cm³/mol. The molecule has 0 aliphatic carbocycles. The second-order valence-electron chi connectivity index (χ2n) is 5.58. The largest absolute Gasteiger partial charge is 0.368 e. The van der Waals surface area contributed by atoms with Crippen LogP contribution >= 0.6 is 15.9 Å². The summed E-state index contributed by atoms with van der Waals surface area (Å²) in [5, 5.41) is 3.08. The number of halogens is 2. The standard InChI is InChI=1S/C17H13BrFN7/c1-9-21-13-7-4-11(19)8-14(13)26(9)17-24-15(20)23-16(25-17)22-12-5-2-10(18)3-6-12/h2-8H,1H3,(H3,20,22,23,24,25). The fraction of sp³-hybridized carbons (Fsp3) is 0.0588. The average molecular weight is 414 g/mol. The lowest BCUT2D eigenvalue weighted by Gasteiger charge is -2.09. The molecule has 0 aliphatic heterocycles. The van der Waals surface area contributed by atoms with Gasteiger partial charge in [-0.3, -0.25) is 4.57 Å². The number of rotatable bonds is 3. The first-order chi connectivity index (χ1) is 12.5. The van der Waals surface area contributed by atoms with Gasteiger partial charge in [0.25, 0.3) is 0 Å². The van der Waals surface area contributed by atoms with Crippen molar-refractivity contribution in [2.45, 2.75) is 6.92 Å². The van der Waals surface area contributed by atoms with Gasteiger partial charge in [0.1, 0.15) is 11.6 Å². The first-order valence-corrected chi connectivity index (χ1v) is 8.48. The molecule has 7 nitrogen and oxygen atoms in total. The molecule has 0 radical (unpaired) electrons. The summed E-state index contributed by atoms with van der Waals surface area (Å²) in [4.78, 5) is 17.1. The highest BCUT2D eigenvalue weighted by Crippen LogP contribution is 2.22. The van der Waals surface area contributed by atoms with E-state index >= 15 is 0 Å². The van der Waals surface area contributed by atoms with Gasteiger partial charge in [-0.05, 0) is 43.3 Å². The number of hydrogen-bond donors (Lipinski definition) is 2. The first-order valence-electron chi connectivity index (χ1n) is 7.69. The Morgan fingerprint density at radius 1 is 1.04 bits per heavy atom. The van der Waals surface area contributed by atoms with E-state index < -0.39 is 0 Å². The fourth-order valence-electron chi connectivity index (χ4n) is 2.62. The second kappa shape index (κ2) is 6.34. The summed E-state index contributed by atoms with van der Waals surface area (Å²) in [6.45, 7) is 1.79. The van der Waals surface area contributed by atoms with Crippen molar-refractivity contribution in [2.24, 2.45) is 0 Å². The number of imidazole rings is 1. The van der Waals surface area contributed by atoms with Crippen molar-refractivity contribution >= 4 is 44.5 Å². The summed E-state index contributed by atoms with van der Waals surface area (Å²) in [5.74, 6) is 0.849. The normalized spacial score (nSPS) is 11.0. The van der Waals surface area contributed by atoms with Crippen molar-refractivity contribution in [3.8, 4) is 5.95 Å². The van der Waals surface area contributed by atoms with Crippen LogP contribution in [0.1, 0.15) is 5.82 Å². The molecule has 0 atom stereocenters. The molecule has 0 fully saturated rings. The molecular weight excluding hydrogens is 401 g/mol. The molecule has 0 amide bonds. The Balaban J connectivity index is 1.80. The third-order valence-electron chi connectivity index (χ3n) is 3.73. The summed E-state index contributed by atoms with van der Waals surface area (Å²) in [6.07, 6.45) is 0. The van der Waals surface area contributed by atoms with Crippen LogP contribution in [-0.2, 0) is 0 Å². The Kier molecular flexibility index (Phi) is 4.00.